The highest BCUT2D eigenvalue weighted by Crippen LogP contribution is 2.20. The highest BCUT2D eigenvalue weighted by Gasteiger charge is 2.16. The van der Waals surface area contributed by atoms with Crippen LogP contribution in [0.2, 0.25) is 0 Å². The van der Waals surface area contributed by atoms with Gasteiger partial charge in [0, 0.05) is 30.9 Å². The van der Waals surface area contributed by atoms with E-state index < -0.39 is 0 Å². The van der Waals surface area contributed by atoms with Gasteiger partial charge in [-0.25, -0.2) is 4.98 Å². The van der Waals surface area contributed by atoms with Gasteiger partial charge in [-0.1, -0.05) is 19.3 Å². The molecule has 0 spiro atoms. The third kappa shape index (κ3) is 4.77. The molecule has 2 N–H and O–H groups in total. The van der Waals surface area contributed by atoms with Crippen molar-refractivity contribution in [1.82, 2.24) is 15.3 Å². The van der Waals surface area contributed by atoms with Crippen LogP contribution in [0.15, 0.2) is 6.07 Å². The molecule has 3 rings (SSSR count). The van der Waals surface area contributed by atoms with Crippen LogP contribution in [0.3, 0.4) is 0 Å². The molecule has 0 aromatic carbocycles. The minimum absolute atomic E-state index is 0.495. The van der Waals surface area contributed by atoms with Crippen LogP contribution in [0.4, 0.5) is 11.8 Å². The maximum Gasteiger partial charge on any atom is 0.231 e. The summed E-state index contributed by atoms with van der Waals surface area (Å²) in [6, 6.07) is 2.56. The third-order valence-electron chi connectivity index (χ3n) is 4.69. The molecule has 1 aromatic heterocycles. The lowest BCUT2D eigenvalue weighted by atomic mass is 9.96. The zero-order valence-electron chi connectivity index (χ0n) is 14.0. The number of thiocarbonyl (C=S) groups is 1. The summed E-state index contributed by atoms with van der Waals surface area (Å²) >= 11 is 5.44. The van der Waals surface area contributed by atoms with Crippen molar-refractivity contribution < 1.29 is 0 Å². The molecular weight excluding hydrogens is 306 g/mol. The van der Waals surface area contributed by atoms with Gasteiger partial charge in [-0.3, -0.25) is 0 Å². The summed E-state index contributed by atoms with van der Waals surface area (Å²) < 4.78 is 0. The first-order chi connectivity index (χ1) is 11.2. The van der Waals surface area contributed by atoms with Crippen LogP contribution in [0.5, 0.6) is 0 Å². The standard InChI is InChI=1S/C17H27N5S/c1-13-12-15(22-10-6-3-7-11-22)20-16(18-13)21-17(23)19-14-8-4-2-5-9-14/h12,14H,2-11H2,1H3,(H2,18,19,20,21,23). The molecule has 5 nitrogen and oxygen atoms in total. The van der Waals surface area contributed by atoms with Gasteiger partial charge in [-0.05, 0) is 51.2 Å². The Morgan fingerprint density at radius 1 is 1.09 bits per heavy atom. The fraction of sp³-hybridized carbons (Fsp3) is 0.706. The smallest absolute Gasteiger partial charge is 0.231 e. The molecule has 0 unspecified atom stereocenters. The molecule has 1 saturated carbocycles. The molecule has 126 valence electrons. The van der Waals surface area contributed by atoms with E-state index in [1.807, 2.05) is 6.92 Å². The van der Waals surface area contributed by atoms with Crippen LogP contribution < -0.4 is 15.5 Å². The average Bonchev–Trinajstić information content (AvgIpc) is 2.56. The Labute approximate surface area is 144 Å². The summed E-state index contributed by atoms with van der Waals surface area (Å²) in [5.41, 5.74) is 0.975. The summed E-state index contributed by atoms with van der Waals surface area (Å²) in [5.74, 6) is 1.62. The molecule has 0 amide bonds. The fourth-order valence-corrected chi connectivity index (χ4v) is 3.72. The van der Waals surface area contributed by atoms with Crippen molar-refractivity contribution in [3.63, 3.8) is 0 Å². The van der Waals surface area contributed by atoms with Crippen LogP contribution in [0.25, 0.3) is 0 Å². The van der Waals surface area contributed by atoms with E-state index in [2.05, 4.69) is 31.6 Å². The van der Waals surface area contributed by atoms with Gasteiger partial charge in [0.05, 0.1) is 0 Å². The molecule has 0 bridgehead atoms. The van der Waals surface area contributed by atoms with Gasteiger partial charge >= 0.3 is 0 Å². The first-order valence-corrected chi connectivity index (χ1v) is 9.30. The first kappa shape index (κ1) is 16.4. The fourth-order valence-electron chi connectivity index (χ4n) is 3.46. The van der Waals surface area contributed by atoms with Crippen LogP contribution in [-0.4, -0.2) is 34.2 Å². The molecule has 1 aliphatic heterocycles. The second-order valence-corrected chi connectivity index (χ2v) is 7.08. The van der Waals surface area contributed by atoms with Crippen LogP contribution >= 0.6 is 12.2 Å². The lowest BCUT2D eigenvalue weighted by molar-refractivity contribution is 0.414. The number of nitrogens with one attached hydrogen (secondary N) is 2. The maximum absolute atomic E-state index is 5.44. The SMILES string of the molecule is Cc1cc(N2CCCCC2)nc(NC(=S)NC2CCCCC2)n1. The number of hydrogen-bond donors (Lipinski definition) is 2. The Kier molecular flexibility index (Phi) is 5.65. The quantitative estimate of drug-likeness (QED) is 0.827. The average molecular weight is 334 g/mol. The second-order valence-electron chi connectivity index (χ2n) is 6.67. The van der Waals surface area contributed by atoms with Gasteiger partial charge < -0.3 is 15.5 Å². The summed E-state index contributed by atoms with van der Waals surface area (Å²) in [7, 11) is 0. The van der Waals surface area contributed by atoms with E-state index >= 15 is 0 Å². The normalized spacial score (nSPS) is 19.4. The van der Waals surface area contributed by atoms with E-state index in [0.29, 0.717) is 17.1 Å². The van der Waals surface area contributed by atoms with E-state index in [1.165, 1.54) is 51.4 Å². The Bertz CT molecular complexity index is 536. The lowest BCUT2D eigenvalue weighted by Crippen LogP contribution is -2.39. The third-order valence-corrected chi connectivity index (χ3v) is 4.91. The van der Waals surface area contributed by atoms with Crippen molar-refractivity contribution >= 4 is 29.1 Å². The van der Waals surface area contributed by atoms with Gasteiger partial charge in [0.1, 0.15) is 5.82 Å². The number of aromatic nitrogens is 2. The maximum atomic E-state index is 5.44. The molecule has 1 saturated heterocycles. The van der Waals surface area contributed by atoms with Crippen molar-refractivity contribution in [2.45, 2.75) is 64.3 Å². The highest BCUT2D eigenvalue weighted by atomic mass is 32.1. The molecule has 2 heterocycles. The summed E-state index contributed by atoms with van der Waals surface area (Å²) in [6.07, 6.45) is 10.1. The number of anilines is 2. The van der Waals surface area contributed by atoms with Crippen molar-refractivity contribution in [2.75, 3.05) is 23.3 Å². The molecule has 0 radical (unpaired) electrons. The second kappa shape index (κ2) is 7.90. The molecule has 1 aliphatic carbocycles. The van der Waals surface area contributed by atoms with Crippen molar-refractivity contribution in [1.29, 1.82) is 0 Å². The molecule has 2 aliphatic rings. The van der Waals surface area contributed by atoms with Gasteiger partial charge in [0.15, 0.2) is 5.11 Å². The summed E-state index contributed by atoms with van der Waals surface area (Å²) in [5, 5.41) is 7.24. The van der Waals surface area contributed by atoms with Crippen molar-refractivity contribution in [3.05, 3.63) is 11.8 Å². The minimum atomic E-state index is 0.495. The first-order valence-electron chi connectivity index (χ1n) is 8.89. The molecule has 1 aromatic rings. The van der Waals surface area contributed by atoms with Crippen molar-refractivity contribution in [2.24, 2.45) is 0 Å². The Morgan fingerprint density at radius 2 is 1.78 bits per heavy atom. The molecule has 2 fully saturated rings. The van der Waals surface area contributed by atoms with Gasteiger partial charge in [0.2, 0.25) is 5.95 Å². The largest absolute Gasteiger partial charge is 0.360 e. The Balaban J connectivity index is 1.62. The highest BCUT2D eigenvalue weighted by molar-refractivity contribution is 7.80. The van der Waals surface area contributed by atoms with Crippen LogP contribution in [-0.2, 0) is 0 Å². The zero-order chi connectivity index (χ0) is 16.1. The molecule has 23 heavy (non-hydrogen) atoms. The monoisotopic (exact) mass is 333 g/mol. The predicted molar refractivity (Wildman–Crippen MR) is 99.1 cm³/mol. The lowest BCUT2D eigenvalue weighted by Gasteiger charge is -2.28. The van der Waals surface area contributed by atoms with E-state index in [4.69, 9.17) is 12.2 Å². The summed E-state index contributed by atoms with van der Waals surface area (Å²) in [6.45, 7) is 4.18. The van der Waals surface area contributed by atoms with Gasteiger partial charge in [-0.2, -0.15) is 4.98 Å². The van der Waals surface area contributed by atoms with E-state index in [0.717, 1.165) is 24.6 Å². The number of piperidine rings is 1. The summed E-state index contributed by atoms with van der Waals surface area (Å²) in [4.78, 5) is 11.5. The molecule has 0 atom stereocenters. The van der Waals surface area contributed by atoms with Gasteiger partial charge in [-0.15, -0.1) is 0 Å². The Morgan fingerprint density at radius 3 is 2.52 bits per heavy atom. The van der Waals surface area contributed by atoms with E-state index in [-0.39, 0.29) is 0 Å². The van der Waals surface area contributed by atoms with Gasteiger partial charge in [0.25, 0.3) is 0 Å². The molecule has 6 heteroatoms. The number of hydrogen-bond acceptors (Lipinski definition) is 4. The topological polar surface area (TPSA) is 53.1 Å². The number of rotatable bonds is 3. The van der Waals surface area contributed by atoms with E-state index in [1.54, 1.807) is 0 Å². The Hall–Kier alpha value is -1.43. The van der Waals surface area contributed by atoms with Crippen LogP contribution in [0.1, 0.15) is 57.1 Å². The number of nitrogens with zero attached hydrogens (tertiary/aromatic N) is 3. The predicted octanol–water partition coefficient (Wildman–Crippen LogP) is 3.39. The zero-order valence-corrected chi connectivity index (χ0v) is 14.8. The number of aryl methyl sites for hydroxylation is 1. The van der Waals surface area contributed by atoms with Crippen molar-refractivity contribution in [3.8, 4) is 0 Å². The van der Waals surface area contributed by atoms with E-state index in [9.17, 15) is 0 Å². The van der Waals surface area contributed by atoms with Crippen LogP contribution in [0, 0.1) is 6.92 Å². The molecular formula is C17H27N5S. The minimum Gasteiger partial charge on any atom is -0.360 e.